The molecule has 6 heteroatoms. The van der Waals surface area contributed by atoms with Gasteiger partial charge in [-0.25, -0.2) is 0 Å². The zero-order valence-electron chi connectivity index (χ0n) is 15.4. The Morgan fingerprint density at radius 1 is 1.27 bits per heavy atom. The van der Waals surface area contributed by atoms with E-state index in [1.54, 1.807) is 6.26 Å². The number of nitrogens with zero attached hydrogens (tertiary/aromatic N) is 1. The Kier molecular flexibility index (Phi) is 8.28. The minimum atomic E-state index is 0. The van der Waals surface area contributed by atoms with Crippen molar-refractivity contribution in [3.8, 4) is 5.75 Å². The smallest absolute Gasteiger partial charge is 0.191 e. The SMILES string of the molecule is CCCN=C(NCCc1ccco1)NC(C)C1COc2ccccc21.I. The van der Waals surface area contributed by atoms with Crippen molar-refractivity contribution in [2.75, 3.05) is 19.7 Å². The standard InChI is InChI=1S/C20H27N3O2.HI/c1-3-11-21-20(22-12-10-16-7-6-13-24-16)23-15(2)18-14-25-19-9-5-4-8-17(18)19;/h4-9,13,15,18H,3,10-12,14H2,1-2H3,(H2,21,22,23);1H. The Balaban J connectivity index is 0.00000243. The molecule has 2 heterocycles. The number of guanidine groups is 1. The fourth-order valence-corrected chi connectivity index (χ4v) is 3.05. The van der Waals surface area contributed by atoms with Gasteiger partial charge < -0.3 is 19.8 Å². The van der Waals surface area contributed by atoms with Crippen LogP contribution in [0.25, 0.3) is 0 Å². The van der Waals surface area contributed by atoms with Gasteiger partial charge in [-0.1, -0.05) is 25.1 Å². The highest BCUT2D eigenvalue weighted by Crippen LogP contribution is 2.35. The average molecular weight is 469 g/mol. The van der Waals surface area contributed by atoms with Crippen LogP contribution in [0.3, 0.4) is 0 Å². The van der Waals surface area contributed by atoms with Gasteiger partial charge in [-0.2, -0.15) is 0 Å². The summed E-state index contributed by atoms with van der Waals surface area (Å²) in [6.45, 7) is 6.62. The van der Waals surface area contributed by atoms with Gasteiger partial charge in [-0.05, 0) is 31.5 Å². The quantitative estimate of drug-likeness (QED) is 0.367. The zero-order valence-corrected chi connectivity index (χ0v) is 17.7. The van der Waals surface area contributed by atoms with Crippen molar-refractivity contribution in [2.45, 2.75) is 38.6 Å². The number of rotatable bonds is 7. The molecule has 3 rings (SSSR count). The van der Waals surface area contributed by atoms with Crippen LogP contribution in [0.1, 0.15) is 37.5 Å². The van der Waals surface area contributed by atoms with Crippen LogP contribution in [0, 0.1) is 0 Å². The monoisotopic (exact) mass is 469 g/mol. The van der Waals surface area contributed by atoms with Crippen LogP contribution in [0.2, 0.25) is 0 Å². The molecule has 0 amide bonds. The molecule has 0 bridgehead atoms. The highest BCUT2D eigenvalue weighted by Gasteiger charge is 2.29. The van der Waals surface area contributed by atoms with Gasteiger partial charge >= 0.3 is 0 Å². The molecule has 0 fully saturated rings. The lowest BCUT2D eigenvalue weighted by molar-refractivity contribution is 0.312. The number of furan rings is 1. The fourth-order valence-electron chi connectivity index (χ4n) is 3.05. The van der Waals surface area contributed by atoms with Crippen LogP contribution in [0.5, 0.6) is 5.75 Å². The number of hydrogen-bond acceptors (Lipinski definition) is 3. The molecule has 1 aliphatic heterocycles. The highest BCUT2D eigenvalue weighted by molar-refractivity contribution is 14.0. The van der Waals surface area contributed by atoms with Crippen LogP contribution in [0.15, 0.2) is 52.1 Å². The molecule has 0 saturated heterocycles. The van der Waals surface area contributed by atoms with Crippen molar-refractivity contribution in [3.63, 3.8) is 0 Å². The molecular weight excluding hydrogens is 441 g/mol. The lowest BCUT2D eigenvalue weighted by Gasteiger charge is -2.22. The Morgan fingerprint density at radius 2 is 2.12 bits per heavy atom. The van der Waals surface area contributed by atoms with E-state index < -0.39 is 0 Å². The minimum Gasteiger partial charge on any atom is -0.493 e. The van der Waals surface area contributed by atoms with Crippen molar-refractivity contribution in [3.05, 3.63) is 54.0 Å². The van der Waals surface area contributed by atoms with Crippen molar-refractivity contribution < 1.29 is 9.15 Å². The fraction of sp³-hybridized carbons (Fsp3) is 0.450. The van der Waals surface area contributed by atoms with Crippen molar-refractivity contribution in [2.24, 2.45) is 4.99 Å². The predicted octanol–water partition coefficient (Wildman–Crippen LogP) is 3.95. The molecule has 1 aliphatic rings. The number of aliphatic imine (C=N–C) groups is 1. The first-order valence-corrected chi connectivity index (χ1v) is 9.07. The minimum absolute atomic E-state index is 0. The highest BCUT2D eigenvalue weighted by atomic mass is 127. The molecule has 0 saturated carbocycles. The number of hydrogen-bond donors (Lipinski definition) is 2. The molecule has 0 radical (unpaired) electrons. The van der Waals surface area contributed by atoms with Gasteiger partial charge in [0.25, 0.3) is 0 Å². The van der Waals surface area contributed by atoms with Gasteiger partial charge in [0.2, 0.25) is 0 Å². The van der Waals surface area contributed by atoms with E-state index in [4.69, 9.17) is 9.15 Å². The molecule has 142 valence electrons. The maximum atomic E-state index is 5.81. The topological polar surface area (TPSA) is 58.8 Å². The number of nitrogens with one attached hydrogen (secondary N) is 2. The second-order valence-corrected chi connectivity index (χ2v) is 6.37. The van der Waals surface area contributed by atoms with Crippen molar-refractivity contribution in [1.82, 2.24) is 10.6 Å². The van der Waals surface area contributed by atoms with Gasteiger partial charge in [0, 0.05) is 37.0 Å². The molecule has 2 atom stereocenters. The summed E-state index contributed by atoms with van der Waals surface area (Å²) in [4.78, 5) is 4.65. The summed E-state index contributed by atoms with van der Waals surface area (Å²) in [7, 11) is 0. The second-order valence-electron chi connectivity index (χ2n) is 6.37. The number of para-hydroxylation sites is 1. The third-order valence-electron chi connectivity index (χ3n) is 4.44. The molecule has 2 aromatic rings. The first kappa shape index (κ1) is 20.6. The van der Waals surface area contributed by atoms with E-state index in [1.165, 1.54) is 5.56 Å². The number of fused-ring (bicyclic) bond motifs is 1. The maximum absolute atomic E-state index is 5.81. The summed E-state index contributed by atoms with van der Waals surface area (Å²) in [6.07, 6.45) is 3.57. The summed E-state index contributed by atoms with van der Waals surface area (Å²) >= 11 is 0. The maximum Gasteiger partial charge on any atom is 0.191 e. The lowest BCUT2D eigenvalue weighted by atomic mass is 9.94. The second kappa shape index (κ2) is 10.4. The van der Waals surface area contributed by atoms with Crippen molar-refractivity contribution in [1.29, 1.82) is 0 Å². The van der Waals surface area contributed by atoms with E-state index in [-0.39, 0.29) is 30.0 Å². The molecular formula is C20H28IN3O2. The first-order valence-electron chi connectivity index (χ1n) is 9.07. The zero-order chi connectivity index (χ0) is 17.5. The van der Waals surface area contributed by atoms with Crippen LogP contribution >= 0.6 is 24.0 Å². The van der Waals surface area contributed by atoms with Crippen LogP contribution in [0.4, 0.5) is 0 Å². The Labute approximate surface area is 172 Å². The summed E-state index contributed by atoms with van der Waals surface area (Å²) in [6, 6.07) is 12.4. The van der Waals surface area contributed by atoms with E-state index in [0.29, 0.717) is 12.5 Å². The Morgan fingerprint density at radius 3 is 2.88 bits per heavy atom. The molecule has 2 unspecified atom stereocenters. The van der Waals surface area contributed by atoms with Crippen LogP contribution in [-0.2, 0) is 6.42 Å². The Hall–Kier alpha value is -1.70. The third-order valence-corrected chi connectivity index (χ3v) is 4.44. The van der Waals surface area contributed by atoms with Crippen LogP contribution < -0.4 is 15.4 Å². The molecule has 1 aromatic heterocycles. The average Bonchev–Trinajstić information content (AvgIpc) is 3.28. The summed E-state index contributed by atoms with van der Waals surface area (Å²) < 4.78 is 11.2. The Bertz CT molecular complexity index is 688. The first-order chi connectivity index (χ1) is 12.3. The van der Waals surface area contributed by atoms with E-state index in [9.17, 15) is 0 Å². The predicted molar refractivity (Wildman–Crippen MR) is 116 cm³/mol. The molecule has 0 spiro atoms. The summed E-state index contributed by atoms with van der Waals surface area (Å²) in [5.41, 5.74) is 1.27. The van der Waals surface area contributed by atoms with E-state index in [1.807, 2.05) is 24.3 Å². The third kappa shape index (κ3) is 5.40. The summed E-state index contributed by atoms with van der Waals surface area (Å²) in [5, 5.41) is 6.95. The lowest BCUT2D eigenvalue weighted by Crippen LogP contribution is -2.45. The van der Waals surface area contributed by atoms with E-state index in [0.717, 1.165) is 43.4 Å². The van der Waals surface area contributed by atoms with E-state index in [2.05, 4.69) is 41.6 Å². The van der Waals surface area contributed by atoms with Gasteiger partial charge in [0.15, 0.2) is 5.96 Å². The normalized spacial score (nSPS) is 17.0. The molecule has 2 N–H and O–H groups in total. The number of halogens is 1. The summed E-state index contributed by atoms with van der Waals surface area (Å²) in [5.74, 6) is 3.16. The van der Waals surface area contributed by atoms with Crippen molar-refractivity contribution >= 4 is 29.9 Å². The molecule has 26 heavy (non-hydrogen) atoms. The van der Waals surface area contributed by atoms with Gasteiger partial charge in [-0.15, -0.1) is 24.0 Å². The van der Waals surface area contributed by atoms with E-state index >= 15 is 0 Å². The van der Waals surface area contributed by atoms with Gasteiger partial charge in [-0.3, -0.25) is 4.99 Å². The molecule has 0 aliphatic carbocycles. The number of ether oxygens (including phenoxy) is 1. The molecule has 1 aromatic carbocycles. The van der Waals surface area contributed by atoms with Gasteiger partial charge in [0.1, 0.15) is 11.5 Å². The number of benzene rings is 1. The largest absolute Gasteiger partial charge is 0.493 e. The molecule has 5 nitrogen and oxygen atoms in total. The van der Waals surface area contributed by atoms with Crippen LogP contribution in [-0.4, -0.2) is 31.7 Å². The van der Waals surface area contributed by atoms with Gasteiger partial charge in [0.05, 0.1) is 12.9 Å².